The second-order valence-corrected chi connectivity index (χ2v) is 5.78. The maximum atomic E-state index is 14.0. The predicted molar refractivity (Wildman–Crippen MR) is 89.7 cm³/mol. The van der Waals surface area contributed by atoms with E-state index in [0.29, 0.717) is 30.5 Å². The third-order valence-corrected chi connectivity index (χ3v) is 4.34. The minimum atomic E-state index is -0.968. The molecule has 2 aromatic rings. The molecule has 1 aliphatic carbocycles. The smallest absolute Gasteiger partial charge is 0.258 e. The molecule has 1 atom stereocenters. The van der Waals surface area contributed by atoms with E-state index in [1.165, 1.54) is 0 Å². The number of benzene rings is 1. The number of hydrogen-bond donors (Lipinski definition) is 0. The summed E-state index contributed by atoms with van der Waals surface area (Å²) in [4.78, 5) is 12.7. The Morgan fingerprint density at radius 3 is 2.65 bits per heavy atom. The van der Waals surface area contributed by atoms with Crippen molar-refractivity contribution in [2.24, 2.45) is 0 Å². The standard InChI is InChI=1S/C19H20FNO2/c1-3-14-10-17-15(11-18(14)20)8-9-21(19(17)22)12-13-4-6-16(23-2)7-5-13/h4-10,18H,3,11-12H2,1-2H3. The second-order valence-electron chi connectivity index (χ2n) is 5.78. The van der Waals surface area contributed by atoms with Gasteiger partial charge in [-0.2, -0.15) is 0 Å². The highest BCUT2D eigenvalue weighted by Crippen LogP contribution is 2.26. The number of allylic oxidation sites excluding steroid dienone is 1. The third kappa shape index (κ3) is 3.07. The zero-order valence-electron chi connectivity index (χ0n) is 13.4. The van der Waals surface area contributed by atoms with Crippen LogP contribution in [0.25, 0.3) is 6.08 Å². The maximum Gasteiger partial charge on any atom is 0.258 e. The molecule has 0 fully saturated rings. The Morgan fingerprint density at radius 1 is 1.26 bits per heavy atom. The average molecular weight is 313 g/mol. The van der Waals surface area contributed by atoms with E-state index in [4.69, 9.17) is 4.74 Å². The molecule has 4 heteroatoms. The molecule has 1 aliphatic rings. The van der Waals surface area contributed by atoms with Crippen molar-refractivity contribution in [2.75, 3.05) is 7.11 Å². The van der Waals surface area contributed by atoms with Gasteiger partial charge >= 0.3 is 0 Å². The fourth-order valence-electron chi connectivity index (χ4n) is 2.94. The Labute approximate surface area is 135 Å². The van der Waals surface area contributed by atoms with Crippen LogP contribution in [0.3, 0.4) is 0 Å². The Kier molecular flexibility index (Phi) is 4.33. The van der Waals surface area contributed by atoms with Gasteiger partial charge in [-0.25, -0.2) is 4.39 Å². The van der Waals surface area contributed by atoms with Gasteiger partial charge in [0.25, 0.3) is 5.56 Å². The van der Waals surface area contributed by atoms with Gasteiger partial charge in [-0.1, -0.05) is 19.1 Å². The number of rotatable bonds is 4. The maximum absolute atomic E-state index is 14.0. The van der Waals surface area contributed by atoms with Crippen molar-refractivity contribution in [1.82, 2.24) is 4.57 Å². The average Bonchev–Trinajstić information content (AvgIpc) is 2.58. The van der Waals surface area contributed by atoms with Crippen molar-refractivity contribution in [3.05, 3.63) is 69.1 Å². The first kappa shape index (κ1) is 15.5. The number of alkyl halides is 1. The monoisotopic (exact) mass is 313 g/mol. The number of ether oxygens (including phenoxy) is 1. The lowest BCUT2D eigenvalue weighted by Crippen LogP contribution is -2.27. The van der Waals surface area contributed by atoms with Crippen LogP contribution in [-0.4, -0.2) is 17.8 Å². The minimum absolute atomic E-state index is 0.0591. The summed E-state index contributed by atoms with van der Waals surface area (Å²) in [7, 11) is 1.62. The highest BCUT2D eigenvalue weighted by molar-refractivity contribution is 5.60. The lowest BCUT2D eigenvalue weighted by atomic mass is 9.90. The van der Waals surface area contributed by atoms with E-state index in [1.807, 2.05) is 37.3 Å². The first-order valence-electron chi connectivity index (χ1n) is 7.82. The molecule has 0 aliphatic heterocycles. The number of nitrogens with zero attached hydrogens (tertiary/aromatic N) is 1. The largest absolute Gasteiger partial charge is 0.497 e. The van der Waals surface area contributed by atoms with Gasteiger partial charge < -0.3 is 9.30 Å². The van der Waals surface area contributed by atoms with Gasteiger partial charge in [-0.05, 0) is 47.4 Å². The van der Waals surface area contributed by atoms with Crippen molar-refractivity contribution in [3.8, 4) is 5.75 Å². The molecular formula is C19H20FNO2. The molecule has 1 aromatic carbocycles. The quantitative estimate of drug-likeness (QED) is 0.864. The van der Waals surface area contributed by atoms with Crippen molar-refractivity contribution in [1.29, 1.82) is 0 Å². The molecule has 0 spiro atoms. The van der Waals surface area contributed by atoms with Gasteiger partial charge in [0.05, 0.1) is 13.7 Å². The fourth-order valence-corrected chi connectivity index (χ4v) is 2.94. The van der Waals surface area contributed by atoms with Gasteiger partial charge in [0, 0.05) is 18.2 Å². The van der Waals surface area contributed by atoms with Crippen LogP contribution in [0.2, 0.25) is 0 Å². The number of halogens is 1. The molecule has 0 amide bonds. The fraction of sp³-hybridized carbons (Fsp3) is 0.316. The van der Waals surface area contributed by atoms with Gasteiger partial charge in [-0.3, -0.25) is 4.79 Å². The summed E-state index contributed by atoms with van der Waals surface area (Å²) < 4.78 is 20.8. The summed E-state index contributed by atoms with van der Waals surface area (Å²) in [5, 5.41) is 0. The van der Waals surface area contributed by atoms with Crippen LogP contribution in [0.1, 0.15) is 30.0 Å². The normalized spacial score (nSPS) is 16.7. The van der Waals surface area contributed by atoms with Crippen molar-refractivity contribution < 1.29 is 9.13 Å². The number of aromatic nitrogens is 1. The number of methoxy groups -OCH3 is 1. The van der Waals surface area contributed by atoms with Gasteiger partial charge in [0.2, 0.25) is 0 Å². The lowest BCUT2D eigenvalue weighted by Gasteiger charge is -2.20. The number of pyridine rings is 1. The summed E-state index contributed by atoms with van der Waals surface area (Å²) in [5.41, 5.74) is 3.09. The Balaban J connectivity index is 1.94. The minimum Gasteiger partial charge on any atom is -0.497 e. The van der Waals surface area contributed by atoms with E-state index < -0.39 is 6.17 Å². The first-order valence-corrected chi connectivity index (χ1v) is 7.82. The molecule has 0 N–H and O–H groups in total. The lowest BCUT2D eigenvalue weighted by molar-refractivity contribution is 0.371. The summed E-state index contributed by atoms with van der Waals surface area (Å²) in [6.45, 7) is 2.41. The topological polar surface area (TPSA) is 31.2 Å². The van der Waals surface area contributed by atoms with Crippen LogP contribution in [0, 0.1) is 0 Å². The van der Waals surface area contributed by atoms with E-state index in [0.717, 1.165) is 16.9 Å². The molecule has 0 saturated carbocycles. The van der Waals surface area contributed by atoms with Crippen molar-refractivity contribution in [2.45, 2.75) is 32.5 Å². The molecule has 3 rings (SSSR count). The Bertz CT molecular complexity index is 790. The summed E-state index contributed by atoms with van der Waals surface area (Å²) in [6.07, 6.45) is 3.45. The van der Waals surface area contributed by atoms with E-state index in [2.05, 4.69) is 0 Å². The molecule has 23 heavy (non-hydrogen) atoms. The zero-order chi connectivity index (χ0) is 16.4. The number of fused-ring (bicyclic) bond motifs is 1. The third-order valence-electron chi connectivity index (χ3n) is 4.34. The van der Waals surface area contributed by atoms with E-state index >= 15 is 0 Å². The van der Waals surface area contributed by atoms with E-state index in [-0.39, 0.29) is 5.56 Å². The molecule has 1 heterocycles. The van der Waals surface area contributed by atoms with Crippen LogP contribution in [-0.2, 0) is 13.0 Å². The van der Waals surface area contributed by atoms with Crippen molar-refractivity contribution >= 4 is 6.08 Å². The SMILES string of the molecule is CCC1=Cc2c(ccn(Cc3ccc(OC)cc3)c2=O)CC1F. The van der Waals surface area contributed by atoms with Crippen molar-refractivity contribution in [3.63, 3.8) is 0 Å². The highest BCUT2D eigenvalue weighted by atomic mass is 19.1. The molecule has 0 bridgehead atoms. The van der Waals surface area contributed by atoms with E-state index in [1.54, 1.807) is 23.9 Å². The molecular weight excluding hydrogens is 293 g/mol. The van der Waals surface area contributed by atoms with Gasteiger partial charge in [0.1, 0.15) is 11.9 Å². The molecule has 1 unspecified atom stereocenters. The zero-order valence-corrected chi connectivity index (χ0v) is 13.4. The Morgan fingerprint density at radius 2 is 2.00 bits per heavy atom. The molecule has 120 valence electrons. The van der Waals surface area contributed by atoms with E-state index in [9.17, 15) is 9.18 Å². The van der Waals surface area contributed by atoms with Crippen LogP contribution >= 0.6 is 0 Å². The first-order chi connectivity index (χ1) is 11.1. The van der Waals surface area contributed by atoms with Gasteiger partial charge in [-0.15, -0.1) is 0 Å². The molecule has 0 radical (unpaired) electrons. The predicted octanol–water partition coefficient (Wildman–Crippen LogP) is 3.59. The van der Waals surface area contributed by atoms with Gasteiger partial charge in [0.15, 0.2) is 0 Å². The van der Waals surface area contributed by atoms with Crippen LogP contribution < -0.4 is 10.3 Å². The number of hydrogen-bond acceptors (Lipinski definition) is 2. The molecule has 3 nitrogen and oxygen atoms in total. The van der Waals surface area contributed by atoms with Crippen LogP contribution in [0.5, 0.6) is 5.75 Å². The molecule has 0 saturated heterocycles. The van der Waals surface area contributed by atoms with Crippen LogP contribution in [0.4, 0.5) is 4.39 Å². The summed E-state index contributed by atoms with van der Waals surface area (Å²) >= 11 is 0. The second kappa shape index (κ2) is 6.41. The molecule has 1 aromatic heterocycles. The summed E-state index contributed by atoms with van der Waals surface area (Å²) in [5.74, 6) is 0.788. The summed E-state index contributed by atoms with van der Waals surface area (Å²) in [6, 6.07) is 9.49. The Hall–Kier alpha value is -2.36. The van der Waals surface area contributed by atoms with Crippen LogP contribution in [0.15, 0.2) is 46.9 Å². The highest BCUT2D eigenvalue weighted by Gasteiger charge is 2.22.